The van der Waals surface area contributed by atoms with Crippen molar-refractivity contribution >= 4 is 12.0 Å². The summed E-state index contributed by atoms with van der Waals surface area (Å²) in [6, 6.07) is 0. The molecular weight excluding hydrogens is 154 g/mol. The maximum atomic E-state index is 5.31. The molecule has 2 N–H and O–H groups in total. The predicted octanol–water partition coefficient (Wildman–Crippen LogP) is 0.250. The minimum absolute atomic E-state index is 0.693. The quantitative estimate of drug-likeness (QED) is 0.295. The fourth-order valence-electron chi connectivity index (χ4n) is 0.610. The molecule has 0 fully saturated rings. The van der Waals surface area contributed by atoms with Gasteiger partial charge in [0, 0.05) is 7.05 Å². The Bertz CT molecular complexity index is 264. The average Bonchev–Trinajstić information content (AvgIpc) is 2.03. The molecule has 1 aromatic rings. The van der Waals surface area contributed by atoms with Crippen molar-refractivity contribution in [2.24, 2.45) is 10.8 Å². The summed E-state index contributed by atoms with van der Waals surface area (Å²) in [5, 5.41) is 1.36. The Morgan fingerprint density at radius 1 is 1.50 bits per heavy atom. The lowest BCUT2D eigenvalue weighted by Crippen LogP contribution is -2.23. The Morgan fingerprint density at radius 3 is 2.58 bits per heavy atom. The average molecular weight is 165 g/mol. The number of hydrogen-bond acceptors (Lipinski definition) is 4. The van der Waals surface area contributed by atoms with Crippen molar-refractivity contribution in [2.45, 2.75) is 6.92 Å². The third-order valence-electron chi connectivity index (χ3n) is 1.16. The summed E-state index contributed by atoms with van der Waals surface area (Å²) in [4.78, 5) is 11.9. The maximum Gasteiger partial charge on any atom is 0.125 e. The lowest BCUT2D eigenvalue weighted by molar-refractivity contribution is 0.556. The molecule has 0 aliphatic heterocycles. The molecule has 0 amide bonds. The number of hydrazine groups is 1. The first-order chi connectivity index (χ1) is 5.68. The highest BCUT2D eigenvalue weighted by Gasteiger charge is 1.88. The molecule has 0 bridgehead atoms. The molecule has 0 aliphatic rings. The highest BCUT2D eigenvalue weighted by molar-refractivity contribution is 5.59. The van der Waals surface area contributed by atoms with Gasteiger partial charge in [0.2, 0.25) is 0 Å². The Morgan fingerprint density at radius 2 is 2.08 bits per heavy atom. The van der Waals surface area contributed by atoms with E-state index in [4.69, 9.17) is 5.84 Å². The van der Waals surface area contributed by atoms with Crippen molar-refractivity contribution in [2.75, 3.05) is 7.05 Å². The van der Waals surface area contributed by atoms with Crippen LogP contribution in [0.1, 0.15) is 5.82 Å². The summed E-state index contributed by atoms with van der Waals surface area (Å²) < 4.78 is 0. The zero-order chi connectivity index (χ0) is 8.97. The summed E-state index contributed by atoms with van der Waals surface area (Å²) in [6.07, 6.45) is 4.78. The molecule has 0 saturated heterocycles. The van der Waals surface area contributed by atoms with E-state index in [1.165, 1.54) is 11.3 Å². The zero-order valence-corrected chi connectivity index (χ0v) is 7.10. The Kier molecular flexibility index (Phi) is 2.71. The fraction of sp³-hybridized carbons (Fsp3) is 0.286. The van der Waals surface area contributed by atoms with Crippen LogP contribution < -0.4 is 5.84 Å². The number of nitrogens with zero attached hydrogens (tertiary/aromatic N) is 4. The normalized spacial score (nSPS) is 10.6. The van der Waals surface area contributed by atoms with Gasteiger partial charge < -0.3 is 5.01 Å². The molecule has 0 radical (unpaired) electrons. The van der Waals surface area contributed by atoms with Crippen LogP contribution in [0.2, 0.25) is 0 Å². The van der Waals surface area contributed by atoms with Crippen LogP contribution in [0.15, 0.2) is 17.4 Å². The summed E-state index contributed by atoms with van der Waals surface area (Å²) in [5.74, 6) is 6.04. The number of hydrogen-bond donors (Lipinski definition) is 1. The van der Waals surface area contributed by atoms with Crippen LogP contribution in [0.4, 0.5) is 5.69 Å². The van der Waals surface area contributed by atoms with Gasteiger partial charge in [-0.3, -0.25) is 0 Å². The molecule has 12 heavy (non-hydrogen) atoms. The third kappa shape index (κ3) is 2.63. The van der Waals surface area contributed by atoms with Crippen LogP contribution in [0.3, 0.4) is 0 Å². The summed E-state index contributed by atoms with van der Waals surface area (Å²) >= 11 is 0. The minimum atomic E-state index is 0.693. The van der Waals surface area contributed by atoms with Crippen LogP contribution in [0.25, 0.3) is 0 Å². The van der Waals surface area contributed by atoms with Gasteiger partial charge in [-0.15, -0.1) is 0 Å². The molecule has 1 rings (SSSR count). The van der Waals surface area contributed by atoms with E-state index in [-0.39, 0.29) is 0 Å². The van der Waals surface area contributed by atoms with Crippen LogP contribution in [0, 0.1) is 6.92 Å². The molecule has 1 aromatic heterocycles. The Labute approximate surface area is 70.9 Å². The predicted molar refractivity (Wildman–Crippen MR) is 46.9 cm³/mol. The first-order valence-electron chi connectivity index (χ1n) is 3.49. The topological polar surface area (TPSA) is 67.4 Å². The summed E-state index contributed by atoms with van der Waals surface area (Å²) in [6.45, 7) is 1.82. The van der Waals surface area contributed by atoms with Crippen LogP contribution in [-0.4, -0.2) is 28.4 Å². The van der Waals surface area contributed by atoms with E-state index in [9.17, 15) is 0 Å². The van der Waals surface area contributed by atoms with Crippen molar-refractivity contribution < 1.29 is 0 Å². The van der Waals surface area contributed by atoms with E-state index < -0.39 is 0 Å². The lowest BCUT2D eigenvalue weighted by Gasteiger charge is -2.01. The standard InChI is InChI=1S/C7H11N5/c1-6-9-3-7(4-10-6)11-5-12(2)8/h3-5H,8H2,1-2H3. The maximum absolute atomic E-state index is 5.31. The number of nitrogens with two attached hydrogens (primary N) is 1. The van der Waals surface area contributed by atoms with Gasteiger partial charge in [-0.1, -0.05) is 0 Å². The molecule has 0 unspecified atom stereocenters. The largest absolute Gasteiger partial charge is 0.304 e. The minimum Gasteiger partial charge on any atom is -0.304 e. The van der Waals surface area contributed by atoms with Crippen LogP contribution >= 0.6 is 0 Å². The van der Waals surface area contributed by atoms with Crippen molar-refractivity contribution in [3.8, 4) is 0 Å². The molecular formula is C7H11N5. The lowest BCUT2D eigenvalue weighted by atomic mass is 10.5. The monoisotopic (exact) mass is 165 g/mol. The molecule has 5 nitrogen and oxygen atoms in total. The van der Waals surface area contributed by atoms with Gasteiger partial charge in [-0.05, 0) is 6.92 Å². The second kappa shape index (κ2) is 3.77. The van der Waals surface area contributed by atoms with E-state index in [1.54, 1.807) is 19.4 Å². The Balaban J connectivity index is 2.71. The molecule has 0 saturated carbocycles. The van der Waals surface area contributed by atoms with Gasteiger partial charge in [0.15, 0.2) is 0 Å². The van der Waals surface area contributed by atoms with E-state index in [2.05, 4.69) is 15.0 Å². The fourth-order valence-corrected chi connectivity index (χ4v) is 0.610. The zero-order valence-electron chi connectivity index (χ0n) is 7.10. The van der Waals surface area contributed by atoms with Gasteiger partial charge in [0.25, 0.3) is 0 Å². The van der Waals surface area contributed by atoms with Crippen molar-refractivity contribution in [1.29, 1.82) is 0 Å². The molecule has 0 aliphatic carbocycles. The number of rotatable bonds is 2. The summed E-state index contributed by atoms with van der Waals surface area (Å²) in [7, 11) is 1.69. The van der Waals surface area contributed by atoms with Gasteiger partial charge >= 0.3 is 0 Å². The highest BCUT2D eigenvalue weighted by Crippen LogP contribution is 2.05. The number of aliphatic imine (C=N–C) groups is 1. The van der Waals surface area contributed by atoms with E-state index in [0.29, 0.717) is 5.69 Å². The Hall–Kier alpha value is -1.49. The SMILES string of the molecule is Cc1ncc(N=CN(C)N)cn1. The van der Waals surface area contributed by atoms with Crippen molar-refractivity contribution in [3.63, 3.8) is 0 Å². The number of aromatic nitrogens is 2. The molecule has 64 valence electrons. The number of aryl methyl sites for hydroxylation is 1. The van der Waals surface area contributed by atoms with Crippen molar-refractivity contribution in [1.82, 2.24) is 15.0 Å². The van der Waals surface area contributed by atoms with E-state index in [1.807, 2.05) is 6.92 Å². The highest BCUT2D eigenvalue weighted by atomic mass is 15.4. The van der Waals surface area contributed by atoms with E-state index in [0.717, 1.165) is 5.82 Å². The van der Waals surface area contributed by atoms with Gasteiger partial charge in [0.05, 0.1) is 12.4 Å². The molecule has 0 spiro atoms. The molecule has 0 atom stereocenters. The van der Waals surface area contributed by atoms with Crippen LogP contribution in [0.5, 0.6) is 0 Å². The van der Waals surface area contributed by atoms with Gasteiger partial charge in [-0.25, -0.2) is 20.8 Å². The smallest absolute Gasteiger partial charge is 0.125 e. The molecule has 5 heteroatoms. The second-order valence-corrected chi connectivity index (χ2v) is 2.40. The second-order valence-electron chi connectivity index (χ2n) is 2.40. The first-order valence-corrected chi connectivity index (χ1v) is 3.49. The molecule has 1 heterocycles. The van der Waals surface area contributed by atoms with Crippen molar-refractivity contribution in [3.05, 3.63) is 18.2 Å². The van der Waals surface area contributed by atoms with E-state index >= 15 is 0 Å². The third-order valence-corrected chi connectivity index (χ3v) is 1.16. The first kappa shape index (κ1) is 8.61. The van der Waals surface area contributed by atoms with Gasteiger partial charge in [0.1, 0.15) is 17.9 Å². The molecule has 0 aromatic carbocycles. The summed E-state index contributed by atoms with van der Waals surface area (Å²) in [5.41, 5.74) is 0.693. The van der Waals surface area contributed by atoms with Crippen LogP contribution in [-0.2, 0) is 0 Å². The van der Waals surface area contributed by atoms with Gasteiger partial charge in [-0.2, -0.15) is 0 Å².